The minimum Gasteiger partial charge on any atom is -0.393 e. The molecule has 0 bridgehead atoms. The number of rotatable bonds is 1. The quantitative estimate of drug-likeness (QED) is 0.329. The Morgan fingerprint density at radius 1 is 0.875 bits per heavy atom. The van der Waals surface area contributed by atoms with Crippen LogP contribution in [0.5, 0.6) is 0 Å². The Kier molecular flexibility index (Phi) is 9.43. The van der Waals surface area contributed by atoms with Crippen LogP contribution in [0.25, 0.3) is 22.0 Å². The fourth-order valence-corrected chi connectivity index (χ4v) is 5.36. The maximum Gasteiger partial charge on any atom is 0.0595 e. The summed E-state index contributed by atoms with van der Waals surface area (Å²) in [6.45, 7) is 2.10. The van der Waals surface area contributed by atoms with E-state index in [4.69, 9.17) is 0 Å². The Morgan fingerprint density at radius 3 is 2.22 bits per heavy atom. The molecular formula is C28H34IrNO2-. The van der Waals surface area contributed by atoms with Crippen LogP contribution in [0.4, 0.5) is 0 Å². The molecule has 0 amide bonds. The van der Waals surface area contributed by atoms with Crippen molar-refractivity contribution in [2.24, 2.45) is 11.8 Å². The first-order chi connectivity index (χ1) is 15.1. The van der Waals surface area contributed by atoms with E-state index in [1.807, 2.05) is 36.5 Å². The van der Waals surface area contributed by atoms with Crippen molar-refractivity contribution in [3.05, 3.63) is 66.4 Å². The fraction of sp³-hybridized carbons (Fsp3) is 0.464. The molecule has 2 aromatic carbocycles. The van der Waals surface area contributed by atoms with Crippen molar-refractivity contribution in [3.63, 3.8) is 0 Å². The molecule has 0 aliphatic heterocycles. The molecule has 2 unspecified atom stereocenters. The van der Waals surface area contributed by atoms with Crippen molar-refractivity contribution in [2.75, 3.05) is 0 Å². The Labute approximate surface area is 205 Å². The summed E-state index contributed by atoms with van der Waals surface area (Å²) in [7, 11) is 0. The molecule has 1 radical (unpaired) electrons. The number of aromatic nitrogens is 1. The Hall–Kier alpha value is -1.58. The molecular weight excluding hydrogens is 575 g/mol. The number of aliphatic hydroxyl groups is 2. The molecule has 2 N–H and O–H groups in total. The summed E-state index contributed by atoms with van der Waals surface area (Å²) in [6.07, 6.45) is 10.4. The van der Waals surface area contributed by atoms with Crippen molar-refractivity contribution >= 4 is 10.8 Å². The normalized spacial score (nSPS) is 25.3. The molecule has 1 aromatic heterocycles. The van der Waals surface area contributed by atoms with E-state index in [2.05, 4.69) is 36.2 Å². The summed E-state index contributed by atoms with van der Waals surface area (Å²) in [5.41, 5.74) is 3.30. The number of aryl methyl sites for hydroxylation is 1. The van der Waals surface area contributed by atoms with Crippen LogP contribution in [-0.4, -0.2) is 27.4 Å². The average Bonchev–Trinajstić information content (AvgIpc) is 3.09. The summed E-state index contributed by atoms with van der Waals surface area (Å²) < 4.78 is 0. The summed E-state index contributed by atoms with van der Waals surface area (Å²) >= 11 is 0. The zero-order chi connectivity index (χ0) is 21.6. The monoisotopic (exact) mass is 609 g/mol. The zero-order valence-electron chi connectivity index (χ0n) is 18.8. The van der Waals surface area contributed by atoms with Gasteiger partial charge in [0, 0.05) is 32.2 Å². The van der Waals surface area contributed by atoms with E-state index in [0.29, 0.717) is 5.92 Å². The number of hydrogen-bond acceptors (Lipinski definition) is 3. The number of hydrogen-bond donors (Lipinski definition) is 2. The second kappa shape index (κ2) is 12.0. The molecule has 0 spiro atoms. The smallest absolute Gasteiger partial charge is 0.0595 e. The molecule has 173 valence electrons. The van der Waals surface area contributed by atoms with Gasteiger partial charge in [-0.05, 0) is 61.1 Å². The van der Waals surface area contributed by atoms with Gasteiger partial charge in [-0.25, -0.2) is 0 Å². The molecule has 2 saturated carbocycles. The van der Waals surface area contributed by atoms with Gasteiger partial charge in [0.2, 0.25) is 0 Å². The molecule has 5 rings (SSSR count). The van der Waals surface area contributed by atoms with E-state index in [-0.39, 0.29) is 38.2 Å². The fourth-order valence-electron chi connectivity index (χ4n) is 5.36. The Bertz CT molecular complexity index is 960. The summed E-state index contributed by atoms with van der Waals surface area (Å²) in [4.78, 5) is 4.49. The maximum atomic E-state index is 10.0. The molecule has 3 aromatic rings. The maximum absolute atomic E-state index is 10.0. The van der Waals surface area contributed by atoms with Crippen molar-refractivity contribution in [1.82, 2.24) is 4.98 Å². The van der Waals surface area contributed by atoms with Gasteiger partial charge < -0.3 is 15.2 Å². The van der Waals surface area contributed by atoms with Gasteiger partial charge in [-0.1, -0.05) is 49.4 Å². The third-order valence-electron chi connectivity index (χ3n) is 6.97. The van der Waals surface area contributed by atoms with E-state index >= 15 is 0 Å². The zero-order valence-corrected chi connectivity index (χ0v) is 21.2. The number of pyridine rings is 1. The van der Waals surface area contributed by atoms with Crippen LogP contribution in [-0.2, 0) is 20.1 Å². The van der Waals surface area contributed by atoms with Crippen molar-refractivity contribution < 1.29 is 30.3 Å². The van der Waals surface area contributed by atoms with E-state index in [0.717, 1.165) is 36.9 Å². The molecule has 2 aliphatic rings. The van der Waals surface area contributed by atoms with E-state index in [9.17, 15) is 10.2 Å². The van der Waals surface area contributed by atoms with Crippen LogP contribution in [0.1, 0.15) is 56.9 Å². The number of aliphatic hydroxyl groups excluding tert-OH is 2. The van der Waals surface area contributed by atoms with Crippen LogP contribution < -0.4 is 0 Å². The van der Waals surface area contributed by atoms with Crippen LogP contribution in [0.2, 0.25) is 0 Å². The van der Waals surface area contributed by atoms with Gasteiger partial charge in [0.15, 0.2) is 0 Å². The SMILES string of the molecule is Cc1ccc2ccnc(-c3[c-]cccc3)c2c1.OC1CCCCC2CCCCC(O)C12.[Ir]. The van der Waals surface area contributed by atoms with Crippen LogP contribution in [0.15, 0.2) is 54.7 Å². The van der Waals surface area contributed by atoms with Crippen molar-refractivity contribution in [1.29, 1.82) is 0 Å². The third kappa shape index (κ3) is 6.05. The molecule has 3 nitrogen and oxygen atoms in total. The van der Waals surface area contributed by atoms with Gasteiger partial charge in [-0.3, -0.25) is 0 Å². The second-order valence-electron chi connectivity index (χ2n) is 9.20. The van der Waals surface area contributed by atoms with Gasteiger partial charge in [-0.2, -0.15) is 0 Å². The van der Waals surface area contributed by atoms with Crippen LogP contribution >= 0.6 is 0 Å². The summed E-state index contributed by atoms with van der Waals surface area (Å²) in [5.74, 6) is 0.769. The molecule has 1 heterocycles. The number of fused-ring (bicyclic) bond motifs is 2. The standard InChI is InChI=1S/C16H12N.C12H22O2.Ir/c1-12-7-8-13-9-10-17-16(15(13)11-12)14-5-3-2-4-6-14;13-10-7-3-1-5-9-6-2-4-8-11(14)12(9)10;/h2-5,7-11H,1H3;9-14H,1-8H2;/q-1;;. The number of nitrogens with zero attached hydrogens (tertiary/aromatic N) is 1. The van der Waals surface area contributed by atoms with Crippen molar-refractivity contribution in [3.8, 4) is 11.3 Å². The first-order valence-corrected chi connectivity index (χ1v) is 11.8. The predicted molar refractivity (Wildman–Crippen MR) is 127 cm³/mol. The first kappa shape index (κ1) is 25.0. The molecule has 0 saturated heterocycles. The van der Waals surface area contributed by atoms with E-state index in [1.54, 1.807) is 0 Å². The molecule has 2 atom stereocenters. The van der Waals surface area contributed by atoms with Crippen molar-refractivity contribution in [2.45, 2.75) is 70.5 Å². The predicted octanol–water partition coefficient (Wildman–Crippen LogP) is 6.10. The summed E-state index contributed by atoms with van der Waals surface area (Å²) in [6, 6.07) is 19.7. The van der Waals surface area contributed by atoms with Gasteiger partial charge in [0.25, 0.3) is 0 Å². The van der Waals surface area contributed by atoms with Gasteiger partial charge >= 0.3 is 0 Å². The van der Waals surface area contributed by atoms with E-state index in [1.165, 1.54) is 42.0 Å². The van der Waals surface area contributed by atoms with Crippen LogP contribution in [0, 0.1) is 24.8 Å². The number of benzene rings is 2. The first-order valence-electron chi connectivity index (χ1n) is 11.8. The van der Waals surface area contributed by atoms with Crippen LogP contribution in [0.3, 0.4) is 0 Å². The second-order valence-corrected chi connectivity index (χ2v) is 9.20. The topological polar surface area (TPSA) is 53.4 Å². The minimum atomic E-state index is -0.240. The minimum absolute atomic E-state index is 0. The third-order valence-corrected chi connectivity index (χ3v) is 6.97. The average molecular weight is 609 g/mol. The van der Waals surface area contributed by atoms with Gasteiger partial charge in [-0.15, -0.1) is 35.9 Å². The Balaban J connectivity index is 0.000000178. The molecule has 2 fully saturated rings. The van der Waals surface area contributed by atoms with Gasteiger partial charge in [0.1, 0.15) is 0 Å². The molecule has 32 heavy (non-hydrogen) atoms. The Morgan fingerprint density at radius 2 is 1.56 bits per heavy atom. The molecule has 4 heteroatoms. The van der Waals surface area contributed by atoms with E-state index < -0.39 is 0 Å². The van der Waals surface area contributed by atoms with Gasteiger partial charge in [0.05, 0.1) is 12.2 Å². The molecule has 2 aliphatic carbocycles. The largest absolute Gasteiger partial charge is 0.393 e. The summed E-state index contributed by atoms with van der Waals surface area (Å²) in [5, 5.41) is 22.4.